The van der Waals surface area contributed by atoms with E-state index in [4.69, 9.17) is 16.3 Å². The summed E-state index contributed by atoms with van der Waals surface area (Å²) < 4.78 is 43.4. The first-order valence-corrected chi connectivity index (χ1v) is 10.8. The van der Waals surface area contributed by atoms with E-state index in [1.54, 1.807) is 7.05 Å². The molecule has 6 nitrogen and oxygen atoms in total. The lowest BCUT2D eigenvalue weighted by Gasteiger charge is -2.36. The van der Waals surface area contributed by atoms with Crippen molar-refractivity contribution in [1.29, 1.82) is 0 Å². The molecule has 2 heterocycles. The summed E-state index contributed by atoms with van der Waals surface area (Å²) in [7, 11) is 1.71. The molecule has 0 bridgehead atoms. The Morgan fingerprint density at radius 1 is 1.27 bits per heavy atom. The van der Waals surface area contributed by atoms with Crippen LogP contribution in [0.4, 0.5) is 13.2 Å². The van der Waals surface area contributed by atoms with Gasteiger partial charge < -0.3 is 20.3 Å². The summed E-state index contributed by atoms with van der Waals surface area (Å²) in [5.41, 5.74) is -0.901. The number of rotatable bonds is 6. The quantitative estimate of drug-likeness (QED) is 0.395. The van der Waals surface area contributed by atoms with Crippen LogP contribution in [-0.4, -0.2) is 61.2 Å². The van der Waals surface area contributed by atoms with Gasteiger partial charge in [-0.15, -0.1) is 0 Å². The first-order chi connectivity index (χ1) is 14.4. The third-order valence-electron chi connectivity index (χ3n) is 5.70. The summed E-state index contributed by atoms with van der Waals surface area (Å²) in [6.07, 6.45) is 3.77. The third-order valence-corrected chi connectivity index (χ3v) is 5.97. The predicted octanol–water partition coefficient (Wildman–Crippen LogP) is 3.70. The summed E-state index contributed by atoms with van der Waals surface area (Å²) >= 11 is 5.84. The molecule has 1 aliphatic heterocycles. The van der Waals surface area contributed by atoms with Crippen molar-refractivity contribution >= 4 is 17.6 Å². The number of alkyl halides is 3. The van der Waals surface area contributed by atoms with Gasteiger partial charge in [-0.1, -0.05) is 24.4 Å². The van der Waals surface area contributed by atoms with Gasteiger partial charge in [-0.3, -0.25) is 4.99 Å². The van der Waals surface area contributed by atoms with Crippen molar-refractivity contribution < 1.29 is 17.9 Å². The van der Waals surface area contributed by atoms with Crippen LogP contribution in [0.15, 0.2) is 17.3 Å². The SMILES string of the molecule is CN=C(NCCOc1ncc(C(F)(F)F)cc1Cl)NC1CCN(C2CCCC2)CC1. The van der Waals surface area contributed by atoms with Gasteiger partial charge in [-0.2, -0.15) is 13.2 Å². The minimum Gasteiger partial charge on any atom is -0.475 e. The van der Waals surface area contributed by atoms with Crippen molar-refractivity contribution in [3.8, 4) is 5.88 Å². The summed E-state index contributed by atoms with van der Waals surface area (Å²) in [6, 6.07) is 1.96. The number of pyridine rings is 1. The van der Waals surface area contributed by atoms with Crippen molar-refractivity contribution in [3.63, 3.8) is 0 Å². The molecule has 0 radical (unpaired) electrons. The largest absolute Gasteiger partial charge is 0.475 e. The zero-order valence-corrected chi connectivity index (χ0v) is 17.9. The normalized spacial score (nSPS) is 19.8. The number of halogens is 4. The van der Waals surface area contributed by atoms with Crippen LogP contribution in [0, 0.1) is 0 Å². The highest BCUT2D eigenvalue weighted by Crippen LogP contribution is 2.33. The average Bonchev–Trinajstić information content (AvgIpc) is 3.25. The number of piperidine rings is 1. The Morgan fingerprint density at radius 3 is 2.57 bits per heavy atom. The van der Waals surface area contributed by atoms with E-state index in [1.165, 1.54) is 25.7 Å². The molecule has 1 saturated carbocycles. The van der Waals surface area contributed by atoms with E-state index in [2.05, 4.69) is 25.5 Å². The monoisotopic (exact) mass is 447 g/mol. The Bertz CT molecular complexity index is 717. The van der Waals surface area contributed by atoms with Crippen LogP contribution in [0.1, 0.15) is 44.1 Å². The highest BCUT2D eigenvalue weighted by Gasteiger charge is 2.32. The average molecular weight is 448 g/mol. The maximum absolute atomic E-state index is 12.7. The first-order valence-electron chi connectivity index (χ1n) is 10.4. The molecular formula is C20H29ClF3N5O. The standard InChI is InChI=1S/C20H29ClF3N5O/c1-25-19(28-15-6-9-29(10-7-15)16-4-2-3-5-16)26-8-11-30-18-17(21)12-14(13-27-18)20(22,23)24/h12-13,15-16H,2-11H2,1H3,(H2,25,26,28). The maximum Gasteiger partial charge on any atom is 0.417 e. The van der Waals surface area contributed by atoms with Gasteiger partial charge in [0.05, 0.1) is 12.1 Å². The molecule has 1 aromatic heterocycles. The molecule has 1 saturated heterocycles. The number of hydrogen-bond donors (Lipinski definition) is 2. The number of nitrogens with one attached hydrogen (secondary N) is 2. The predicted molar refractivity (Wildman–Crippen MR) is 111 cm³/mol. The molecule has 2 aliphatic rings. The molecule has 10 heteroatoms. The topological polar surface area (TPSA) is 61.8 Å². The van der Waals surface area contributed by atoms with Gasteiger partial charge in [0.25, 0.3) is 0 Å². The molecule has 0 amide bonds. The molecular weight excluding hydrogens is 419 g/mol. The molecule has 0 aromatic carbocycles. The van der Waals surface area contributed by atoms with Crippen LogP contribution in [0.5, 0.6) is 5.88 Å². The Kier molecular flexibility index (Phi) is 8.05. The maximum atomic E-state index is 12.7. The lowest BCUT2D eigenvalue weighted by molar-refractivity contribution is -0.137. The number of hydrogen-bond acceptors (Lipinski definition) is 4. The van der Waals surface area contributed by atoms with Gasteiger partial charge in [-0.05, 0) is 31.7 Å². The smallest absolute Gasteiger partial charge is 0.417 e. The van der Waals surface area contributed by atoms with Crippen LogP contribution in [0.2, 0.25) is 5.02 Å². The van der Waals surface area contributed by atoms with Crippen molar-refractivity contribution in [3.05, 3.63) is 22.8 Å². The first kappa shape index (κ1) is 22.9. The minimum atomic E-state index is -4.48. The van der Waals surface area contributed by atoms with Gasteiger partial charge in [0.15, 0.2) is 5.96 Å². The van der Waals surface area contributed by atoms with E-state index in [0.717, 1.165) is 38.0 Å². The van der Waals surface area contributed by atoms with E-state index < -0.39 is 11.7 Å². The molecule has 0 atom stereocenters. The number of nitrogens with zero attached hydrogens (tertiary/aromatic N) is 3. The highest BCUT2D eigenvalue weighted by molar-refractivity contribution is 6.31. The molecule has 30 heavy (non-hydrogen) atoms. The number of aliphatic imine (C=N–C) groups is 1. The highest BCUT2D eigenvalue weighted by atomic mass is 35.5. The third kappa shape index (κ3) is 6.38. The molecule has 1 aromatic rings. The summed E-state index contributed by atoms with van der Waals surface area (Å²) in [5.74, 6) is 0.665. The number of aromatic nitrogens is 1. The number of likely N-dealkylation sites (tertiary alicyclic amines) is 1. The Balaban J connectivity index is 1.37. The van der Waals surface area contributed by atoms with Crippen LogP contribution < -0.4 is 15.4 Å². The summed E-state index contributed by atoms with van der Waals surface area (Å²) in [5, 5.41) is 6.43. The Hall–Kier alpha value is -1.74. The molecule has 168 valence electrons. The lowest BCUT2D eigenvalue weighted by Crippen LogP contribution is -2.50. The second kappa shape index (κ2) is 10.5. The number of guanidine groups is 1. The molecule has 1 aliphatic carbocycles. The van der Waals surface area contributed by atoms with Gasteiger partial charge in [0.2, 0.25) is 5.88 Å². The fourth-order valence-corrected chi connectivity index (χ4v) is 4.29. The van der Waals surface area contributed by atoms with Gasteiger partial charge in [0, 0.05) is 38.4 Å². The molecule has 0 unspecified atom stereocenters. The molecule has 2 N–H and O–H groups in total. The number of ether oxygens (including phenoxy) is 1. The van der Waals surface area contributed by atoms with E-state index in [1.807, 2.05) is 0 Å². The van der Waals surface area contributed by atoms with Crippen molar-refractivity contribution in [1.82, 2.24) is 20.5 Å². The molecule has 3 rings (SSSR count). The van der Waals surface area contributed by atoms with Crippen molar-refractivity contribution in [2.24, 2.45) is 4.99 Å². The zero-order valence-electron chi connectivity index (χ0n) is 17.1. The van der Waals surface area contributed by atoms with Gasteiger partial charge >= 0.3 is 6.18 Å². The fourth-order valence-electron chi connectivity index (χ4n) is 4.07. The lowest BCUT2D eigenvalue weighted by atomic mass is 10.0. The van der Waals surface area contributed by atoms with E-state index in [0.29, 0.717) is 24.7 Å². The van der Waals surface area contributed by atoms with Crippen LogP contribution in [0.25, 0.3) is 0 Å². The van der Waals surface area contributed by atoms with E-state index in [-0.39, 0.29) is 17.5 Å². The van der Waals surface area contributed by atoms with Crippen molar-refractivity contribution in [2.45, 2.75) is 56.8 Å². The fraction of sp³-hybridized carbons (Fsp3) is 0.700. The second-order valence-corrected chi connectivity index (χ2v) is 8.16. The molecule has 2 fully saturated rings. The van der Waals surface area contributed by atoms with Gasteiger partial charge in [-0.25, -0.2) is 4.98 Å². The van der Waals surface area contributed by atoms with E-state index >= 15 is 0 Å². The Labute approximate surface area is 180 Å². The van der Waals surface area contributed by atoms with E-state index in [9.17, 15) is 13.2 Å². The summed E-state index contributed by atoms with van der Waals surface area (Å²) in [6.45, 7) is 2.83. The van der Waals surface area contributed by atoms with Crippen LogP contribution in [0.3, 0.4) is 0 Å². The van der Waals surface area contributed by atoms with Crippen LogP contribution >= 0.6 is 11.6 Å². The zero-order chi connectivity index (χ0) is 21.6. The minimum absolute atomic E-state index is 0.0197. The van der Waals surface area contributed by atoms with Crippen LogP contribution in [-0.2, 0) is 6.18 Å². The van der Waals surface area contributed by atoms with Crippen molar-refractivity contribution in [2.75, 3.05) is 33.3 Å². The van der Waals surface area contributed by atoms with Gasteiger partial charge in [0.1, 0.15) is 11.6 Å². The summed E-state index contributed by atoms with van der Waals surface area (Å²) in [4.78, 5) is 10.5. The Morgan fingerprint density at radius 2 is 1.97 bits per heavy atom. The molecule has 0 spiro atoms. The second-order valence-electron chi connectivity index (χ2n) is 7.75.